The van der Waals surface area contributed by atoms with Crippen LogP contribution in [0.15, 0.2) is 0 Å². The third-order valence-electron chi connectivity index (χ3n) is 18.2. The second kappa shape index (κ2) is 36.3. The minimum Gasteiger partial charge on any atom is -0.394 e. The van der Waals surface area contributed by atoms with Gasteiger partial charge in [-0.3, -0.25) is 19.2 Å². The summed E-state index contributed by atoms with van der Waals surface area (Å²) in [7, 11) is 0. The van der Waals surface area contributed by atoms with Gasteiger partial charge in [0.05, 0.1) is 52.9 Å². The highest BCUT2D eigenvalue weighted by Gasteiger charge is 2.60. The number of ether oxygens (including phenoxy) is 15. The molecule has 4 amide bonds. The van der Waals surface area contributed by atoms with Gasteiger partial charge in [0.15, 0.2) is 50.3 Å². The van der Waals surface area contributed by atoms with E-state index in [0.717, 1.165) is 27.7 Å². The number of rotatable bonds is 26. The molecule has 0 saturated carbocycles. The molecule has 26 N–H and O–H groups in total. The molecule has 0 aromatic carbocycles. The molecule has 8 aliphatic rings. The summed E-state index contributed by atoms with van der Waals surface area (Å²) in [4.78, 5) is 50.0. The summed E-state index contributed by atoms with van der Waals surface area (Å²) in [6.07, 6.45) is -72.7. The Balaban J connectivity index is 1.10. The number of aliphatic hydroxyl groups excluding tert-OH is 22. The molecule has 0 aromatic heterocycles. The van der Waals surface area contributed by atoms with Crippen LogP contribution in [0.25, 0.3) is 0 Å². The molecule has 45 nitrogen and oxygen atoms in total. The van der Waals surface area contributed by atoms with Crippen LogP contribution < -0.4 is 21.3 Å². The lowest BCUT2D eigenvalue weighted by molar-refractivity contribution is -0.393. The van der Waals surface area contributed by atoms with Gasteiger partial charge in [0.1, 0.15) is 195 Å². The highest BCUT2D eigenvalue weighted by Crippen LogP contribution is 2.39. The van der Waals surface area contributed by atoms with E-state index in [4.69, 9.17) is 71.1 Å². The largest absolute Gasteiger partial charge is 0.394 e. The van der Waals surface area contributed by atoms with Crippen LogP contribution in [-0.4, -0.2) is 434 Å². The van der Waals surface area contributed by atoms with Crippen molar-refractivity contribution in [1.29, 1.82) is 0 Å². The van der Waals surface area contributed by atoms with Crippen molar-refractivity contribution in [2.45, 2.75) is 273 Å². The van der Waals surface area contributed by atoms with Gasteiger partial charge in [-0.1, -0.05) is 0 Å². The van der Waals surface area contributed by atoms with E-state index in [1.165, 1.54) is 0 Å². The third kappa shape index (κ3) is 18.5. The van der Waals surface area contributed by atoms with Gasteiger partial charge < -0.3 is 205 Å². The van der Waals surface area contributed by atoms with E-state index in [0.29, 0.717) is 0 Å². The van der Waals surface area contributed by atoms with Crippen LogP contribution in [0, 0.1) is 0 Å². The van der Waals surface area contributed by atoms with Gasteiger partial charge in [0, 0.05) is 27.7 Å². The molecule has 0 aliphatic carbocycles. The molecule has 0 radical (unpaired) electrons. The molecule has 8 rings (SSSR count). The van der Waals surface area contributed by atoms with Crippen LogP contribution >= 0.6 is 0 Å². The molecular weight excluding hydrogens is 1380 g/mol. The number of amides is 4. The molecule has 8 fully saturated rings. The number of hydrogen-bond acceptors (Lipinski definition) is 41. The van der Waals surface area contributed by atoms with Crippen LogP contribution in [0.1, 0.15) is 27.7 Å². The van der Waals surface area contributed by atoms with Crippen LogP contribution in [0.3, 0.4) is 0 Å². The van der Waals surface area contributed by atoms with Crippen molar-refractivity contribution in [3.05, 3.63) is 0 Å². The Morgan fingerprint density at radius 2 is 0.554 bits per heavy atom. The topological polar surface area (TPSA) is 700 Å². The fourth-order valence-electron chi connectivity index (χ4n) is 13.0. The molecule has 45 heteroatoms. The maximum absolute atomic E-state index is 12.9. The molecule has 40 atom stereocenters. The normalized spacial score (nSPS) is 48.3. The van der Waals surface area contributed by atoms with Gasteiger partial charge in [-0.15, -0.1) is 0 Å². The second-order valence-electron chi connectivity index (χ2n) is 25.4. The first-order valence-electron chi connectivity index (χ1n) is 32.1. The van der Waals surface area contributed by atoms with E-state index in [9.17, 15) is 132 Å². The average Bonchev–Trinajstić information content (AvgIpc) is 0.774. The van der Waals surface area contributed by atoms with Crippen molar-refractivity contribution in [1.82, 2.24) is 21.3 Å². The van der Waals surface area contributed by atoms with E-state index in [1.54, 1.807) is 0 Å². The molecule has 0 bridgehead atoms. The summed E-state index contributed by atoms with van der Waals surface area (Å²) in [5.74, 6) is -3.38. The van der Waals surface area contributed by atoms with Crippen molar-refractivity contribution in [3.63, 3.8) is 0 Å². The number of hydrogen-bond donors (Lipinski definition) is 26. The number of carbonyl (C=O) groups is 4. The van der Waals surface area contributed by atoms with Gasteiger partial charge in [0.25, 0.3) is 0 Å². The Labute approximate surface area is 572 Å². The maximum atomic E-state index is 12.9. The van der Waals surface area contributed by atoms with E-state index < -0.39 is 322 Å². The Hall–Kier alpha value is -3.60. The van der Waals surface area contributed by atoms with Gasteiger partial charge >= 0.3 is 0 Å². The molecule has 0 spiro atoms. The summed E-state index contributed by atoms with van der Waals surface area (Å²) < 4.78 is 88.1. The smallest absolute Gasteiger partial charge is 0.217 e. The standard InChI is InChI=1S/C56H94N4O41/c1-13(68)57-25-35(78)43(21(9-65)88-49(25)86)96-51-27(59-15(3)70)36(79)44(22(10-66)93-51)98-55-42(85)47(33(76)24(95-55)12-87-56-48(38(81)31(74)19(7-63)92-56)101-50-26(58-14(2)69)34(77)29(72)17(5-61)89-50)100-54-41(84)39(82)45(23(11-67)94-54)97-52-28(60-16(4)71)46(32(75)20(8-64)90-52)99-53-40(83)37(80)30(73)18(6-62)91-53/h17-56,61-67,72-86H,5-12H2,1-4H3,(H,57,68)(H,58,69)(H,59,70)(H,60,71)/t17-,18-,19-,20-,21-,22-,23-,24-,25-,26-,27-,28-,29-,30+,31-,32-,33-,34-,35-,36-,37+,38+,39-,40-,41+,42+,43-,44-,45-,46-,47+,48+,49?,50+,51+,52+,53+,54-,55+,56+/m1/s1. The highest BCUT2D eigenvalue weighted by atomic mass is 16.8. The van der Waals surface area contributed by atoms with Crippen molar-refractivity contribution in [3.8, 4) is 0 Å². The Bertz CT molecular complexity index is 2640. The quantitative estimate of drug-likeness (QED) is 0.0382. The van der Waals surface area contributed by atoms with Gasteiger partial charge in [-0.25, -0.2) is 0 Å². The summed E-state index contributed by atoms with van der Waals surface area (Å²) in [5, 5.41) is 252. The van der Waals surface area contributed by atoms with Crippen molar-refractivity contribution >= 4 is 23.6 Å². The summed E-state index contributed by atoms with van der Waals surface area (Å²) in [6, 6.07) is -6.97. The maximum Gasteiger partial charge on any atom is 0.217 e. The number of aliphatic hydroxyl groups is 22. The predicted molar refractivity (Wildman–Crippen MR) is 311 cm³/mol. The van der Waals surface area contributed by atoms with Crippen LogP contribution in [0.2, 0.25) is 0 Å². The summed E-state index contributed by atoms with van der Waals surface area (Å²) in [5.41, 5.74) is 0. The average molecular weight is 1480 g/mol. The summed E-state index contributed by atoms with van der Waals surface area (Å²) >= 11 is 0. The molecule has 8 aliphatic heterocycles. The van der Waals surface area contributed by atoms with E-state index in [-0.39, 0.29) is 0 Å². The zero-order valence-electron chi connectivity index (χ0n) is 54.3. The lowest BCUT2D eigenvalue weighted by Gasteiger charge is -2.51. The Morgan fingerprint density at radius 1 is 0.257 bits per heavy atom. The fraction of sp³-hybridized carbons (Fsp3) is 0.929. The van der Waals surface area contributed by atoms with E-state index in [1.807, 2.05) is 0 Å². The van der Waals surface area contributed by atoms with Gasteiger partial charge in [-0.2, -0.15) is 0 Å². The predicted octanol–water partition coefficient (Wildman–Crippen LogP) is -17.9. The van der Waals surface area contributed by atoms with Crippen molar-refractivity contribution in [2.75, 3.05) is 52.9 Å². The molecule has 1 unspecified atom stereocenters. The Kier molecular flexibility index (Phi) is 29.9. The van der Waals surface area contributed by atoms with Crippen LogP contribution in [0.5, 0.6) is 0 Å². The van der Waals surface area contributed by atoms with Crippen molar-refractivity contribution < 1.29 is 203 Å². The molecule has 8 saturated heterocycles. The lowest BCUT2D eigenvalue weighted by atomic mass is 9.93. The molecular formula is C56H94N4O41. The lowest BCUT2D eigenvalue weighted by Crippen LogP contribution is -2.71. The minimum atomic E-state index is -2.47. The second-order valence-corrected chi connectivity index (χ2v) is 25.4. The first-order valence-corrected chi connectivity index (χ1v) is 32.1. The molecule has 8 heterocycles. The monoisotopic (exact) mass is 1480 g/mol. The fourth-order valence-corrected chi connectivity index (χ4v) is 13.0. The molecule has 0 aromatic rings. The number of nitrogens with one attached hydrogen (secondary N) is 4. The Morgan fingerprint density at radius 3 is 1.06 bits per heavy atom. The zero-order chi connectivity index (χ0) is 74.5. The van der Waals surface area contributed by atoms with Gasteiger partial charge in [-0.05, 0) is 0 Å². The third-order valence-corrected chi connectivity index (χ3v) is 18.2. The van der Waals surface area contributed by atoms with Gasteiger partial charge in [0.2, 0.25) is 23.6 Å². The zero-order valence-corrected chi connectivity index (χ0v) is 54.3. The molecule has 584 valence electrons. The van der Waals surface area contributed by atoms with E-state index >= 15 is 0 Å². The SMILES string of the molecule is CC(=O)N[C@H]1[C@H](O[C@H]2[C@H](O)[C@@H](NC(C)=O)C(O)O[C@@H]2CO)O[C@H](CO)[C@@H](O[C@@H]2O[C@H](CO[C@H]3O[C@H](CO)[C@@H](O)[C@H](O)[C@@H]3O[C@@H]3O[C@H](CO)[C@@H](O)[C@H](O)[C@H]3NC(C)=O)[C@@H](O)[C@H](O[C@H]3O[C@H](CO)[C@@H](O[C@@H]4O[C@H](CO)[C@@H](O)[C@H](O[C@@H]5O[C@H](CO)[C@H](O)[C@H](O)[C@H]5O)[C@H]4NC(C)=O)[C@H](O)[C@@H]3O)[C@@H]2O)[C@@H]1O. The number of carbonyl (C=O) groups excluding carboxylic acids is 4. The minimum absolute atomic E-state index is 0.764. The summed E-state index contributed by atoms with van der Waals surface area (Å²) in [6.45, 7) is -4.42. The van der Waals surface area contributed by atoms with E-state index in [2.05, 4.69) is 21.3 Å². The first-order chi connectivity index (χ1) is 47.8. The molecule has 101 heavy (non-hydrogen) atoms. The van der Waals surface area contributed by atoms with Crippen LogP contribution in [-0.2, 0) is 90.2 Å². The highest BCUT2D eigenvalue weighted by molar-refractivity contribution is 5.74. The first kappa shape index (κ1) is 83.0. The van der Waals surface area contributed by atoms with Crippen molar-refractivity contribution in [2.24, 2.45) is 0 Å². The van der Waals surface area contributed by atoms with Crippen LogP contribution in [0.4, 0.5) is 0 Å².